The summed E-state index contributed by atoms with van der Waals surface area (Å²) in [5, 5.41) is 22.2. The van der Waals surface area contributed by atoms with Crippen LogP contribution in [0.4, 0.5) is 5.69 Å². The highest BCUT2D eigenvalue weighted by Crippen LogP contribution is 2.40. The second-order valence-corrected chi connectivity index (χ2v) is 7.15. The minimum atomic E-state index is -0.869. The van der Waals surface area contributed by atoms with Crippen molar-refractivity contribution in [2.45, 2.75) is 19.4 Å². The maximum absolute atomic E-state index is 13.0. The van der Waals surface area contributed by atoms with Crippen molar-refractivity contribution < 1.29 is 29.1 Å². The zero-order valence-corrected chi connectivity index (χ0v) is 17.8. The molecule has 3 rings (SSSR count). The minimum Gasteiger partial charge on any atom is -0.507 e. The first kappa shape index (κ1) is 23.0. The number of methoxy groups -OCH3 is 1. The van der Waals surface area contributed by atoms with Gasteiger partial charge in [-0.2, -0.15) is 0 Å². The van der Waals surface area contributed by atoms with Gasteiger partial charge < -0.3 is 19.5 Å². The maximum atomic E-state index is 13.0. The van der Waals surface area contributed by atoms with E-state index in [1.165, 1.54) is 29.2 Å². The minimum absolute atomic E-state index is 0.0834. The molecular weight excluding hydrogens is 416 g/mol. The predicted molar refractivity (Wildman–Crippen MR) is 116 cm³/mol. The van der Waals surface area contributed by atoms with Crippen molar-refractivity contribution in [1.29, 1.82) is 0 Å². The Kier molecular flexibility index (Phi) is 7.21. The lowest BCUT2D eigenvalue weighted by Gasteiger charge is -2.25. The number of carbonyl (C=O) groups excluding carboxylic acids is 2. The second kappa shape index (κ2) is 10.1. The van der Waals surface area contributed by atoms with Crippen molar-refractivity contribution in [1.82, 2.24) is 4.90 Å². The van der Waals surface area contributed by atoms with Crippen LogP contribution in [0.5, 0.6) is 5.75 Å². The van der Waals surface area contributed by atoms with Gasteiger partial charge in [0.2, 0.25) is 0 Å². The molecule has 0 bridgehead atoms. The van der Waals surface area contributed by atoms with E-state index in [0.29, 0.717) is 30.9 Å². The molecule has 0 saturated carbocycles. The summed E-state index contributed by atoms with van der Waals surface area (Å²) in [5.41, 5.74) is 0.305. The molecule has 9 nitrogen and oxygen atoms in total. The highest BCUT2D eigenvalue weighted by atomic mass is 16.6. The average Bonchev–Trinajstić information content (AvgIpc) is 3.04. The summed E-state index contributed by atoms with van der Waals surface area (Å²) in [7, 11) is 1.54. The number of benzene rings is 2. The van der Waals surface area contributed by atoms with Crippen LogP contribution < -0.4 is 4.74 Å². The van der Waals surface area contributed by atoms with Crippen molar-refractivity contribution in [2.24, 2.45) is 0 Å². The number of Topliss-reactive ketones (excluding diaryl/α,β-unsaturated/α-hetero) is 1. The number of nitro benzene ring substituents is 1. The molecular formula is C23H24N2O7. The van der Waals surface area contributed by atoms with Gasteiger partial charge in [-0.05, 0) is 31.0 Å². The highest BCUT2D eigenvalue weighted by molar-refractivity contribution is 6.46. The average molecular weight is 440 g/mol. The molecule has 1 saturated heterocycles. The number of carbonyl (C=O) groups is 2. The molecule has 1 N–H and O–H groups in total. The SMILES string of the molecule is CCOc1cccc(C2/C(=C(/O)c3cccc([N+](=O)[O-])c3)C(=O)C(=O)N2CCCOC)c1. The predicted octanol–water partition coefficient (Wildman–Crippen LogP) is 3.45. The second-order valence-electron chi connectivity index (χ2n) is 7.15. The Morgan fingerprint density at radius 3 is 2.62 bits per heavy atom. The van der Waals surface area contributed by atoms with E-state index in [4.69, 9.17) is 9.47 Å². The summed E-state index contributed by atoms with van der Waals surface area (Å²) in [5.74, 6) is -1.51. The van der Waals surface area contributed by atoms with E-state index in [1.54, 1.807) is 31.4 Å². The van der Waals surface area contributed by atoms with Gasteiger partial charge in [-0.1, -0.05) is 24.3 Å². The summed E-state index contributed by atoms with van der Waals surface area (Å²) in [4.78, 5) is 37.8. The normalized spacial score (nSPS) is 17.6. The number of likely N-dealkylation sites (tertiary alicyclic amines) is 1. The van der Waals surface area contributed by atoms with E-state index in [2.05, 4.69) is 0 Å². The lowest BCUT2D eigenvalue weighted by Crippen LogP contribution is -2.31. The van der Waals surface area contributed by atoms with Crippen LogP contribution in [0.2, 0.25) is 0 Å². The third kappa shape index (κ3) is 4.62. The number of hydrogen-bond acceptors (Lipinski definition) is 7. The molecule has 0 spiro atoms. The van der Waals surface area contributed by atoms with Crippen molar-refractivity contribution in [3.05, 3.63) is 75.3 Å². The number of amides is 1. The van der Waals surface area contributed by atoms with Crippen LogP contribution in [0.1, 0.15) is 30.5 Å². The van der Waals surface area contributed by atoms with Crippen LogP contribution in [0.25, 0.3) is 5.76 Å². The number of rotatable bonds is 9. The van der Waals surface area contributed by atoms with E-state index in [0.717, 1.165) is 0 Å². The maximum Gasteiger partial charge on any atom is 0.295 e. The molecule has 0 aromatic heterocycles. The number of non-ortho nitro benzene ring substituents is 1. The van der Waals surface area contributed by atoms with E-state index in [1.807, 2.05) is 6.92 Å². The Labute approximate surface area is 185 Å². The van der Waals surface area contributed by atoms with E-state index >= 15 is 0 Å². The van der Waals surface area contributed by atoms with Crippen LogP contribution in [0, 0.1) is 10.1 Å². The largest absolute Gasteiger partial charge is 0.507 e. The Hall–Kier alpha value is -3.72. The summed E-state index contributed by atoms with van der Waals surface area (Å²) in [6.07, 6.45) is 0.488. The number of aliphatic hydroxyl groups excluding tert-OH is 1. The van der Waals surface area contributed by atoms with Gasteiger partial charge in [0.15, 0.2) is 0 Å². The molecule has 0 aliphatic carbocycles. The zero-order chi connectivity index (χ0) is 23.3. The van der Waals surface area contributed by atoms with Gasteiger partial charge in [0.05, 0.1) is 23.1 Å². The third-order valence-corrected chi connectivity index (χ3v) is 5.10. The van der Waals surface area contributed by atoms with Gasteiger partial charge >= 0.3 is 0 Å². The standard InChI is InChI=1S/C23H24N2O7/c1-3-32-18-10-5-7-15(14-18)20-19(22(27)23(28)24(20)11-6-12-31-2)21(26)16-8-4-9-17(13-16)25(29)30/h4-5,7-10,13-14,20,26H,3,6,11-12H2,1-2H3/b21-19-. The fourth-order valence-corrected chi connectivity index (χ4v) is 3.70. The lowest BCUT2D eigenvalue weighted by molar-refractivity contribution is -0.384. The van der Waals surface area contributed by atoms with Crippen molar-refractivity contribution in [3.8, 4) is 5.75 Å². The first-order valence-electron chi connectivity index (χ1n) is 10.1. The molecule has 0 radical (unpaired) electrons. The fourth-order valence-electron chi connectivity index (χ4n) is 3.70. The zero-order valence-electron chi connectivity index (χ0n) is 17.8. The van der Waals surface area contributed by atoms with Gasteiger partial charge in [0.1, 0.15) is 11.5 Å². The Bertz CT molecular complexity index is 1060. The first-order valence-corrected chi connectivity index (χ1v) is 10.1. The van der Waals surface area contributed by atoms with Gasteiger partial charge in [-0.3, -0.25) is 19.7 Å². The van der Waals surface area contributed by atoms with E-state index < -0.39 is 28.4 Å². The summed E-state index contributed by atoms with van der Waals surface area (Å²) < 4.78 is 10.6. The molecule has 168 valence electrons. The lowest BCUT2D eigenvalue weighted by atomic mass is 9.95. The van der Waals surface area contributed by atoms with Crippen LogP contribution >= 0.6 is 0 Å². The Morgan fingerprint density at radius 1 is 1.19 bits per heavy atom. The van der Waals surface area contributed by atoms with Gasteiger partial charge in [-0.15, -0.1) is 0 Å². The summed E-state index contributed by atoms with van der Waals surface area (Å²) >= 11 is 0. The number of nitrogens with zero attached hydrogens (tertiary/aromatic N) is 2. The van der Waals surface area contributed by atoms with Gasteiger partial charge in [-0.25, -0.2) is 0 Å². The molecule has 1 unspecified atom stereocenters. The van der Waals surface area contributed by atoms with Crippen LogP contribution in [-0.4, -0.2) is 53.5 Å². The van der Waals surface area contributed by atoms with Crippen molar-refractivity contribution in [2.75, 3.05) is 26.9 Å². The van der Waals surface area contributed by atoms with Crippen LogP contribution in [0.15, 0.2) is 54.1 Å². The number of ether oxygens (including phenoxy) is 2. The first-order chi connectivity index (χ1) is 15.4. The molecule has 1 atom stereocenters. The van der Waals surface area contributed by atoms with Crippen molar-refractivity contribution >= 4 is 23.1 Å². The number of nitro groups is 1. The number of hydrogen-bond donors (Lipinski definition) is 1. The number of ketones is 1. The molecule has 1 aliphatic rings. The Balaban J connectivity index is 2.15. The molecule has 1 amide bonds. The molecule has 2 aromatic carbocycles. The number of aliphatic hydroxyl groups is 1. The molecule has 1 aliphatic heterocycles. The molecule has 2 aromatic rings. The topological polar surface area (TPSA) is 119 Å². The Morgan fingerprint density at radius 2 is 1.94 bits per heavy atom. The van der Waals surface area contributed by atoms with Crippen molar-refractivity contribution in [3.63, 3.8) is 0 Å². The van der Waals surface area contributed by atoms with Gasteiger partial charge in [0, 0.05) is 38.0 Å². The smallest absolute Gasteiger partial charge is 0.295 e. The fraction of sp³-hybridized carbons (Fsp3) is 0.304. The monoisotopic (exact) mass is 440 g/mol. The quantitative estimate of drug-likeness (QED) is 0.158. The molecule has 9 heteroatoms. The third-order valence-electron chi connectivity index (χ3n) is 5.10. The van der Waals surface area contributed by atoms with Crippen LogP contribution in [-0.2, 0) is 14.3 Å². The van der Waals surface area contributed by atoms with Crippen LogP contribution in [0.3, 0.4) is 0 Å². The molecule has 32 heavy (non-hydrogen) atoms. The van der Waals surface area contributed by atoms with Gasteiger partial charge in [0.25, 0.3) is 17.4 Å². The molecule has 1 heterocycles. The van der Waals surface area contributed by atoms with E-state index in [9.17, 15) is 24.8 Å². The summed E-state index contributed by atoms with van der Waals surface area (Å²) in [6, 6.07) is 11.4. The molecule has 1 fully saturated rings. The highest BCUT2D eigenvalue weighted by Gasteiger charge is 2.46. The summed E-state index contributed by atoms with van der Waals surface area (Å²) in [6.45, 7) is 2.89. The van der Waals surface area contributed by atoms with E-state index in [-0.39, 0.29) is 23.4 Å².